The van der Waals surface area contributed by atoms with Crippen LogP contribution in [-0.4, -0.2) is 65.5 Å². The van der Waals surface area contributed by atoms with Crippen LogP contribution in [0.3, 0.4) is 0 Å². The molecule has 264 valence electrons. The maximum atomic E-state index is 16.0. The summed E-state index contributed by atoms with van der Waals surface area (Å²) in [4.78, 5) is 1.57. The lowest BCUT2D eigenvalue weighted by atomic mass is 9.91. The Kier molecular flexibility index (Phi) is 10.8. The second-order valence-corrected chi connectivity index (χ2v) is 15.2. The molecule has 2 saturated carbocycles. The first-order valence-electron chi connectivity index (χ1n) is 16.7. The number of likely N-dealkylation sites (N-methyl/N-ethyl adjacent to an activating group) is 1. The zero-order valence-electron chi connectivity index (χ0n) is 28.3. The molecule has 3 aromatic carbocycles. The Hall–Kier alpha value is -3.74. The lowest BCUT2D eigenvalue weighted by Gasteiger charge is -2.36. The molecule has 0 amide bonds. The van der Waals surface area contributed by atoms with E-state index in [0.29, 0.717) is 40.7 Å². The van der Waals surface area contributed by atoms with Crippen LogP contribution in [-0.2, 0) is 16.6 Å². The molecule has 2 aliphatic rings. The predicted octanol–water partition coefficient (Wildman–Crippen LogP) is 7.85. The molecule has 1 heterocycles. The molecule has 0 spiro atoms. The van der Waals surface area contributed by atoms with E-state index in [1.165, 1.54) is 39.2 Å². The Labute approximate surface area is 292 Å². The van der Waals surface area contributed by atoms with Gasteiger partial charge in [-0.2, -0.15) is 0 Å². The topological polar surface area (TPSA) is 104 Å². The van der Waals surface area contributed by atoms with Crippen molar-refractivity contribution in [3.05, 3.63) is 64.9 Å². The third-order valence-corrected chi connectivity index (χ3v) is 11.7. The Bertz CT molecular complexity index is 1880. The number of sulfonamides is 1. The van der Waals surface area contributed by atoms with Crippen LogP contribution in [0, 0.1) is 11.7 Å². The number of methoxy groups -OCH3 is 2. The van der Waals surface area contributed by atoms with Gasteiger partial charge in [-0.15, -0.1) is 0 Å². The number of hydrogen-bond donors (Lipinski definition) is 0. The van der Waals surface area contributed by atoms with Crippen molar-refractivity contribution in [2.75, 3.05) is 39.2 Å². The first-order valence-corrected chi connectivity index (χ1v) is 18.5. The summed E-state index contributed by atoms with van der Waals surface area (Å²) in [6.45, 7) is 0.262. The zero-order chi connectivity index (χ0) is 34.7. The fourth-order valence-corrected chi connectivity index (χ4v) is 8.55. The molecule has 6 rings (SSSR count). The number of benzene rings is 3. The quantitative estimate of drug-likeness (QED) is 0.137. The van der Waals surface area contributed by atoms with Crippen LogP contribution in [0.2, 0.25) is 5.02 Å². The van der Waals surface area contributed by atoms with Crippen molar-refractivity contribution >= 4 is 38.4 Å². The van der Waals surface area contributed by atoms with Gasteiger partial charge in [-0.1, -0.05) is 36.0 Å². The summed E-state index contributed by atoms with van der Waals surface area (Å²) in [5, 5.41) is 4.78. The van der Waals surface area contributed by atoms with Gasteiger partial charge in [0, 0.05) is 29.8 Å². The summed E-state index contributed by atoms with van der Waals surface area (Å²) in [6.07, 6.45) is 8.35. The van der Waals surface area contributed by atoms with Crippen molar-refractivity contribution in [3.8, 4) is 23.0 Å². The maximum Gasteiger partial charge on any atom is 0.268 e. The lowest BCUT2D eigenvalue weighted by molar-refractivity contribution is 0.0620. The Morgan fingerprint density at radius 3 is 2.37 bits per heavy atom. The average molecular weight is 716 g/mol. The van der Waals surface area contributed by atoms with Crippen LogP contribution in [0.25, 0.3) is 11.0 Å². The maximum absolute atomic E-state index is 16.0. The van der Waals surface area contributed by atoms with Gasteiger partial charge in [0.1, 0.15) is 39.8 Å². The van der Waals surface area contributed by atoms with Gasteiger partial charge in [-0.05, 0) is 82.4 Å². The third-order valence-electron chi connectivity index (χ3n) is 9.59. The molecule has 1 aromatic heterocycles. The highest BCUT2D eigenvalue weighted by Gasteiger charge is 2.34. The molecule has 10 nitrogen and oxygen atoms in total. The Morgan fingerprint density at radius 2 is 1.65 bits per heavy atom. The Morgan fingerprint density at radius 1 is 0.918 bits per heavy atom. The SMILES string of the molecule is COc1ccc(CN(c2noc3cc(OCC4CCCC4)c(Cl)cc23)S(=O)(=O)c2ccc(O[C@H]3CCCC[C@@H]3N(C)C)cc2F)c(OC)c1. The molecule has 2 fully saturated rings. The van der Waals surface area contributed by atoms with Crippen molar-refractivity contribution in [2.24, 2.45) is 5.92 Å². The second-order valence-electron chi connectivity index (χ2n) is 13.0. The van der Waals surface area contributed by atoms with Gasteiger partial charge in [-0.3, -0.25) is 0 Å². The molecule has 13 heteroatoms. The summed E-state index contributed by atoms with van der Waals surface area (Å²) in [5.41, 5.74) is 0.757. The average Bonchev–Trinajstić information content (AvgIpc) is 3.76. The monoisotopic (exact) mass is 715 g/mol. The third kappa shape index (κ3) is 7.56. The van der Waals surface area contributed by atoms with Gasteiger partial charge in [0.25, 0.3) is 10.0 Å². The van der Waals surface area contributed by atoms with E-state index in [2.05, 4.69) is 10.1 Å². The number of nitrogens with zero attached hydrogens (tertiary/aromatic N) is 3. The smallest absolute Gasteiger partial charge is 0.268 e. The largest absolute Gasteiger partial charge is 0.497 e. The Balaban J connectivity index is 1.37. The summed E-state index contributed by atoms with van der Waals surface area (Å²) < 4.78 is 74.8. The van der Waals surface area contributed by atoms with Crippen LogP contribution >= 0.6 is 11.6 Å². The molecule has 0 unspecified atom stereocenters. The molecule has 0 saturated heterocycles. The summed E-state index contributed by atoms with van der Waals surface area (Å²) in [7, 11) is 2.40. The van der Waals surface area contributed by atoms with Crippen LogP contribution in [0.1, 0.15) is 56.9 Å². The molecule has 49 heavy (non-hydrogen) atoms. The van der Waals surface area contributed by atoms with Crippen LogP contribution < -0.4 is 23.3 Å². The number of anilines is 1. The summed E-state index contributed by atoms with van der Waals surface area (Å²) >= 11 is 6.67. The minimum atomic E-state index is -4.59. The van der Waals surface area contributed by atoms with Gasteiger partial charge in [0.05, 0.1) is 37.8 Å². The molecule has 0 bridgehead atoms. The van der Waals surface area contributed by atoms with E-state index in [9.17, 15) is 8.42 Å². The summed E-state index contributed by atoms with van der Waals surface area (Å²) in [5.74, 6) is 1.03. The molecular formula is C36H43ClFN3O7S. The number of ether oxygens (including phenoxy) is 4. The van der Waals surface area contributed by atoms with Gasteiger partial charge in [-0.25, -0.2) is 17.1 Å². The zero-order valence-corrected chi connectivity index (χ0v) is 29.9. The van der Waals surface area contributed by atoms with Crippen molar-refractivity contribution < 1.29 is 36.3 Å². The van der Waals surface area contributed by atoms with Crippen LogP contribution in [0.5, 0.6) is 23.0 Å². The van der Waals surface area contributed by atoms with Crippen molar-refractivity contribution in [2.45, 2.75) is 75.0 Å². The van der Waals surface area contributed by atoms with E-state index in [-0.39, 0.29) is 40.9 Å². The normalized spacial score (nSPS) is 18.6. The number of halogens is 2. The van der Waals surface area contributed by atoms with Crippen LogP contribution in [0.15, 0.2) is 57.9 Å². The van der Waals surface area contributed by atoms with Gasteiger partial charge < -0.3 is 28.4 Å². The van der Waals surface area contributed by atoms with E-state index in [4.69, 9.17) is 35.1 Å². The lowest BCUT2D eigenvalue weighted by Crippen LogP contribution is -2.44. The number of rotatable bonds is 13. The van der Waals surface area contributed by atoms with Gasteiger partial charge in [0.2, 0.25) is 0 Å². The molecular weight excluding hydrogens is 673 g/mol. The number of fused-ring (bicyclic) bond motifs is 1. The van der Waals surface area contributed by atoms with Gasteiger partial charge in [0.15, 0.2) is 11.4 Å². The number of hydrogen-bond acceptors (Lipinski definition) is 9. The van der Waals surface area contributed by atoms with Crippen LogP contribution in [0.4, 0.5) is 10.2 Å². The fourth-order valence-electron chi connectivity index (χ4n) is 6.88. The first kappa shape index (κ1) is 35.1. The fraction of sp³-hybridized carbons (Fsp3) is 0.472. The minimum absolute atomic E-state index is 0.0622. The van der Waals surface area contributed by atoms with E-state index in [0.717, 1.165) is 48.9 Å². The predicted molar refractivity (Wildman–Crippen MR) is 186 cm³/mol. The highest BCUT2D eigenvalue weighted by atomic mass is 35.5. The highest BCUT2D eigenvalue weighted by Crippen LogP contribution is 2.40. The summed E-state index contributed by atoms with van der Waals surface area (Å²) in [6, 6.07) is 12.2. The van der Waals surface area contributed by atoms with E-state index in [1.807, 2.05) is 14.1 Å². The van der Waals surface area contributed by atoms with E-state index in [1.54, 1.807) is 30.3 Å². The van der Waals surface area contributed by atoms with Crippen molar-refractivity contribution in [3.63, 3.8) is 0 Å². The molecule has 2 aliphatic carbocycles. The molecule has 0 aliphatic heterocycles. The van der Waals surface area contributed by atoms with E-state index < -0.39 is 20.7 Å². The van der Waals surface area contributed by atoms with Crippen molar-refractivity contribution in [1.82, 2.24) is 10.1 Å². The molecule has 0 N–H and O–H groups in total. The highest BCUT2D eigenvalue weighted by molar-refractivity contribution is 7.92. The second kappa shape index (κ2) is 15.0. The van der Waals surface area contributed by atoms with Gasteiger partial charge >= 0.3 is 0 Å². The number of aromatic nitrogens is 1. The minimum Gasteiger partial charge on any atom is -0.497 e. The van der Waals surface area contributed by atoms with E-state index >= 15 is 4.39 Å². The molecule has 2 atom stereocenters. The first-order chi connectivity index (χ1) is 23.6. The van der Waals surface area contributed by atoms with Crippen molar-refractivity contribution in [1.29, 1.82) is 0 Å². The molecule has 4 aromatic rings. The molecule has 0 radical (unpaired) electrons. The standard InChI is InChI=1S/C36H43ClFN3O7S/c1-40(2)30-11-7-8-12-31(30)47-26-15-16-35(29(38)17-26)49(42,43)41(21-24-13-14-25(44-3)18-32(24)45-4)36-27-19-28(37)34(20-33(27)48-39-36)46-22-23-9-5-6-10-23/h13-20,23,30-31H,5-12,21-22H2,1-4H3/t30-,31-/m0/s1.